The first-order chi connectivity index (χ1) is 8.37. The monoisotopic (exact) mass is 242 g/mol. The van der Waals surface area contributed by atoms with Gasteiger partial charge in [-0.3, -0.25) is 4.79 Å². The highest BCUT2D eigenvalue weighted by Crippen LogP contribution is 2.71. The van der Waals surface area contributed by atoms with Crippen LogP contribution >= 0.6 is 0 Å². The van der Waals surface area contributed by atoms with Gasteiger partial charge in [-0.2, -0.15) is 0 Å². The normalized spacial score (nSPS) is 32.0. The topological polar surface area (TPSA) is 17.1 Å². The van der Waals surface area contributed by atoms with Gasteiger partial charge in [0.05, 0.1) is 0 Å². The smallest absolute Gasteiger partial charge is 0.140 e. The van der Waals surface area contributed by atoms with Gasteiger partial charge in [-0.15, -0.1) is 0 Å². The molecule has 0 aromatic heterocycles. The Morgan fingerprint density at radius 2 is 1.61 bits per heavy atom. The third-order valence-electron chi connectivity index (χ3n) is 5.69. The van der Waals surface area contributed by atoms with Gasteiger partial charge in [-0.05, 0) is 28.7 Å². The number of carbonyl (C=O) groups is 1. The minimum Gasteiger partial charge on any atom is -0.299 e. The summed E-state index contributed by atoms with van der Waals surface area (Å²) < 4.78 is 0. The fraction of sp³-hybridized carbons (Fsp3) is 0.588. The molecule has 18 heavy (non-hydrogen) atoms. The number of carbonyl (C=O) groups excluding carboxylic acids is 1. The zero-order chi connectivity index (χ0) is 13.1. The molecule has 2 aliphatic carbocycles. The first-order valence-corrected chi connectivity index (χ1v) is 6.96. The summed E-state index contributed by atoms with van der Waals surface area (Å²) in [6.07, 6.45) is 1.06. The quantitative estimate of drug-likeness (QED) is 0.781. The second kappa shape index (κ2) is 3.46. The van der Waals surface area contributed by atoms with E-state index in [-0.39, 0.29) is 16.7 Å². The summed E-state index contributed by atoms with van der Waals surface area (Å²) in [4.78, 5) is 12.6. The lowest BCUT2D eigenvalue weighted by Gasteiger charge is -2.03. The fourth-order valence-electron chi connectivity index (χ4n) is 3.70. The highest BCUT2D eigenvalue weighted by Gasteiger charge is 2.70. The van der Waals surface area contributed by atoms with Gasteiger partial charge in [-0.1, -0.05) is 58.0 Å². The molecule has 2 aliphatic rings. The van der Waals surface area contributed by atoms with E-state index in [0.29, 0.717) is 17.6 Å². The van der Waals surface area contributed by atoms with E-state index in [4.69, 9.17) is 0 Å². The van der Waals surface area contributed by atoms with Gasteiger partial charge in [-0.25, -0.2) is 0 Å². The van der Waals surface area contributed by atoms with E-state index >= 15 is 0 Å². The molecule has 2 saturated carbocycles. The van der Waals surface area contributed by atoms with Crippen LogP contribution < -0.4 is 0 Å². The van der Waals surface area contributed by atoms with E-state index in [9.17, 15) is 4.79 Å². The van der Waals surface area contributed by atoms with E-state index in [1.54, 1.807) is 0 Å². The van der Waals surface area contributed by atoms with Crippen molar-refractivity contribution in [1.82, 2.24) is 0 Å². The molecule has 1 aromatic carbocycles. The van der Waals surface area contributed by atoms with Crippen LogP contribution in [0.2, 0.25) is 0 Å². The van der Waals surface area contributed by atoms with Crippen molar-refractivity contribution >= 4 is 5.78 Å². The second-order valence-electron chi connectivity index (χ2n) is 7.14. The number of ketones is 1. The molecule has 0 bridgehead atoms. The maximum Gasteiger partial charge on any atom is 0.140 e. The molecule has 0 radical (unpaired) electrons. The molecule has 0 heterocycles. The largest absolute Gasteiger partial charge is 0.299 e. The number of hydrogen-bond donors (Lipinski definition) is 0. The van der Waals surface area contributed by atoms with Gasteiger partial charge in [0.25, 0.3) is 0 Å². The Morgan fingerprint density at radius 3 is 2.11 bits per heavy atom. The molecule has 2 atom stereocenters. The third-order valence-corrected chi connectivity index (χ3v) is 5.69. The van der Waals surface area contributed by atoms with Crippen molar-refractivity contribution in [2.24, 2.45) is 22.7 Å². The molecule has 2 fully saturated rings. The second-order valence-corrected chi connectivity index (χ2v) is 7.14. The lowest BCUT2D eigenvalue weighted by Crippen LogP contribution is -2.10. The van der Waals surface area contributed by atoms with Crippen LogP contribution in [0.3, 0.4) is 0 Å². The summed E-state index contributed by atoms with van der Waals surface area (Å²) in [6, 6.07) is 10.5. The lowest BCUT2D eigenvalue weighted by atomic mass is 10.0. The molecule has 0 N–H and O–H groups in total. The van der Waals surface area contributed by atoms with E-state index in [1.165, 1.54) is 5.56 Å². The maximum atomic E-state index is 12.6. The average Bonchev–Trinajstić information content (AvgIpc) is 3.16. The van der Waals surface area contributed by atoms with Gasteiger partial charge in [0.15, 0.2) is 0 Å². The Hall–Kier alpha value is -1.11. The van der Waals surface area contributed by atoms with Gasteiger partial charge in [0.1, 0.15) is 5.78 Å². The van der Waals surface area contributed by atoms with Crippen molar-refractivity contribution in [3.63, 3.8) is 0 Å². The maximum absolute atomic E-state index is 12.6. The van der Waals surface area contributed by atoms with E-state index < -0.39 is 0 Å². The number of rotatable bonds is 3. The average molecular weight is 242 g/mol. The van der Waals surface area contributed by atoms with E-state index in [2.05, 4.69) is 52.0 Å². The zero-order valence-electron chi connectivity index (χ0n) is 11.7. The van der Waals surface area contributed by atoms with Crippen LogP contribution in [0.4, 0.5) is 0 Å². The van der Waals surface area contributed by atoms with Crippen molar-refractivity contribution in [2.45, 2.75) is 40.0 Å². The Labute approximate surface area is 110 Å². The number of hydrogen-bond acceptors (Lipinski definition) is 1. The summed E-state index contributed by atoms with van der Waals surface area (Å²) in [7, 11) is 0. The molecule has 0 aliphatic heterocycles. The van der Waals surface area contributed by atoms with Gasteiger partial charge in [0, 0.05) is 11.8 Å². The molecule has 0 saturated heterocycles. The first kappa shape index (κ1) is 12.0. The Morgan fingerprint density at radius 1 is 1.06 bits per heavy atom. The van der Waals surface area contributed by atoms with Crippen molar-refractivity contribution in [1.29, 1.82) is 0 Å². The summed E-state index contributed by atoms with van der Waals surface area (Å²) in [5, 5.41) is 0. The Kier molecular flexibility index (Phi) is 2.30. The zero-order valence-corrected chi connectivity index (χ0v) is 11.7. The molecule has 1 heteroatoms. The molecule has 2 unspecified atom stereocenters. The third kappa shape index (κ3) is 1.49. The molecule has 0 spiro atoms. The summed E-state index contributed by atoms with van der Waals surface area (Å²) >= 11 is 0. The van der Waals surface area contributed by atoms with Crippen molar-refractivity contribution < 1.29 is 4.79 Å². The molecule has 96 valence electrons. The molecule has 1 aromatic rings. The Bertz CT molecular complexity index is 470. The van der Waals surface area contributed by atoms with Gasteiger partial charge >= 0.3 is 0 Å². The standard InChI is InChI=1S/C17H22O/c1-16(2)15(17(16,3)4)14(18)13-10-12(13)11-8-6-5-7-9-11/h5-9,12-13,15H,10H2,1-4H3. The van der Waals surface area contributed by atoms with Crippen LogP contribution in [0.1, 0.15) is 45.6 Å². The molecule has 0 amide bonds. The van der Waals surface area contributed by atoms with Gasteiger partial charge in [0.2, 0.25) is 0 Å². The summed E-state index contributed by atoms with van der Waals surface area (Å²) in [5.41, 5.74) is 1.72. The highest BCUT2D eigenvalue weighted by atomic mass is 16.1. The Balaban J connectivity index is 1.72. The van der Waals surface area contributed by atoms with Crippen molar-refractivity contribution in [2.75, 3.05) is 0 Å². The minimum absolute atomic E-state index is 0.188. The fourth-order valence-corrected chi connectivity index (χ4v) is 3.70. The molecule has 3 rings (SSSR count). The summed E-state index contributed by atoms with van der Waals surface area (Å²) in [6.45, 7) is 8.93. The predicted molar refractivity (Wildman–Crippen MR) is 73.3 cm³/mol. The van der Waals surface area contributed by atoms with Crippen LogP contribution in [0.15, 0.2) is 30.3 Å². The van der Waals surface area contributed by atoms with E-state index in [1.807, 2.05) is 6.07 Å². The van der Waals surface area contributed by atoms with Gasteiger partial charge < -0.3 is 0 Å². The van der Waals surface area contributed by atoms with E-state index in [0.717, 1.165) is 6.42 Å². The van der Waals surface area contributed by atoms with Crippen molar-refractivity contribution in [3.8, 4) is 0 Å². The molecular weight excluding hydrogens is 220 g/mol. The van der Waals surface area contributed by atoms with Crippen molar-refractivity contribution in [3.05, 3.63) is 35.9 Å². The first-order valence-electron chi connectivity index (χ1n) is 6.96. The predicted octanol–water partition coefficient (Wildman–Crippen LogP) is 4.04. The summed E-state index contributed by atoms with van der Waals surface area (Å²) in [5.74, 6) is 1.56. The number of benzene rings is 1. The van der Waals surface area contributed by atoms with Crippen LogP contribution in [0.25, 0.3) is 0 Å². The van der Waals surface area contributed by atoms with Crippen LogP contribution in [0.5, 0.6) is 0 Å². The lowest BCUT2D eigenvalue weighted by molar-refractivity contribution is -0.122. The SMILES string of the molecule is CC1(C)C(C(=O)C2CC2c2ccccc2)C1(C)C. The highest BCUT2D eigenvalue weighted by molar-refractivity contribution is 5.91. The van der Waals surface area contributed by atoms with Crippen LogP contribution in [-0.2, 0) is 4.79 Å². The molecular formula is C17H22O. The number of Topliss-reactive ketones (excluding diaryl/α,β-unsaturated/α-hetero) is 1. The minimum atomic E-state index is 0.188. The molecule has 1 nitrogen and oxygen atoms in total. The van der Waals surface area contributed by atoms with Crippen LogP contribution in [0, 0.1) is 22.7 Å². The van der Waals surface area contributed by atoms with Crippen LogP contribution in [-0.4, -0.2) is 5.78 Å².